The Kier molecular flexibility index (Phi) is 5.95. The van der Waals surface area contributed by atoms with Gasteiger partial charge in [-0.3, -0.25) is 0 Å². The Bertz CT molecular complexity index is 3080. The van der Waals surface area contributed by atoms with Crippen molar-refractivity contribution >= 4 is 82.7 Å². The molecule has 0 unspecified atom stereocenters. The largest absolute Gasteiger partial charge is 0.455 e. The number of thiophene rings is 1. The summed E-state index contributed by atoms with van der Waals surface area (Å²) in [5.74, 6) is 1.96. The highest BCUT2D eigenvalue weighted by atomic mass is 32.1. The van der Waals surface area contributed by atoms with E-state index < -0.39 is 8.07 Å². The minimum Gasteiger partial charge on any atom is -0.455 e. The van der Waals surface area contributed by atoms with Gasteiger partial charge in [-0.15, -0.1) is 11.3 Å². The lowest BCUT2D eigenvalue weighted by atomic mass is 9.98. The molecule has 0 N–H and O–H groups in total. The van der Waals surface area contributed by atoms with Gasteiger partial charge < -0.3 is 4.42 Å². The SMILES string of the molecule is C[Si]1(C)c2ccccc2-c2c1cc(-c1nc(-c3ccc4ccccc4c3)nc(-c3ccc4c(c3)sc3ccccc34)n1)c1c2oc2ccccc21. The van der Waals surface area contributed by atoms with Crippen molar-refractivity contribution in [1.29, 1.82) is 0 Å². The monoisotopic (exact) mass is 687 g/mol. The molecule has 0 bridgehead atoms. The fourth-order valence-electron chi connectivity index (χ4n) is 8.18. The first kappa shape index (κ1) is 28.8. The molecule has 10 aromatic rings. The second kappa shape index (κ2) is 10.5. The topological polar surface area (TPSA) is 51.8 Å². The summed E-state index contributed by atoms with van der Waals surface area (Å²) >= 11 is 1.81. The molecule has 4 nitrogen and oxygen atoms in total. The first-order valence-corrected chi connectivity index (χ1v) is 21.1. The van der Waals surface area contributed by atoms with Crippen molar-refractivity contribution < 1.29 is 4.42 Å². The number of furan rings is 1. The molecule has 0 saturated carbocycles. The van der Waals surface area contributed by atoms with Gasteiger partial charge in [-0.2, -0.15) is 0 Å². The molecule has 7 aromatic carbocycles. The predicted molar refractivity (Wildman–Crippen MR) is 216 cm³/mol. The maximum atomic E-state index is 6.82. The third kappa shape index (κ3) is 4.21. The van der Waals surface area contributed by atoms with Crippen molar-refractivity contribution in [2.75, 3.05) is 0 Å². The molecule has 0 fully saturated rings. The molecule has 0 amide bonds. The summed E-state index contributed by atoms with van der Waals surface area (Å²) in [7, 11) is -2.07. The van der Waals surface area contributed by atoms with Crippen LogP contribution in [0, 0.1) is 0 Å². The van der Waals surface area contributed by atoms with Crippen molar-refractivity contribution in [1.82, 2.24) is 15.0 Å². The molecule has 0 spiro atoms. The highest BCUT2D eigenvalue weighted by Gasteiger charge is 2.40. The van der Waals surface area contributed by atoms with Crippen LogP contribution in [-0.2, 0) is 0 Å². The van der Waals surface area contributed by atoms with Gasteiger partial charge in [0.1, 0.15) is 19.2 Å². The van der Waals surface area contributed by atoms with Gasteiger partial charge in [-0.05, 0) is 57.0 Å². The zero-order valence-corrected chi connectivity index (χ0v) is 29.8. The van der Waals surface area contributed by atoms with Gasteiger partial charge in [0.05, 0.1) is 0 Å². The van der Waals surface area contributed by atoms with Gasteiger partial charge in [0.2, 0.25) is 0 Å². The molecule has 1 aliphatic heterocycles. The minimum absolute atomic E-state index is 0.651. The highest BCUT2D eigenvalue weighted by molar-refractivity contribution is 7.25. The third-order valence-electron chi connectivity index (χ3n) is 10.7. The number of nitrogens with zero attached hydrogens (tertiary/aromatic N) is 3. The summed E-state index contributed by atoms with van der Waals surface area (Å²) in [5, 5.41) is 9.76. The summed E-state index contributed by atoms with van der Waals surface area (Å²) in [5.41, 5.74) is 7.19. The van der Waals surface area contributed by atoms with Crippen LogP contribution in [0.15, 0.2) is 144 Å². The van der Waals surface area contributed by atoms with E-state index in [9.17, 15) is 0 Å². The van der Waals surface area contributed by atoms with Gasteiger partial charge in [0.15, 0.2) is 17.5 Å². The van der Waals surface area contributed by atoms with E-state index in [1.54, 1.807) is 11.3 Å². The average molecular weight is 688 g/mol. The van der Waals surface area contributed by atoms with Crippen LogP contribution < -0.4 is 10.4 Å². The van der Waals surface area contributed by atoms with Gasteiger partial charge in [0.25, 0.3) is 0 Å². The Morgan fingerprint density at radius 1 is 0.510 bits per heavy atom. The number of rotatable bonds is 3. The lowest BCUT2D eigenvalue weighted by Gasteiger charge is -2.19. The van der Waals surface area contributed by atoms with Crippen LogP contribution in [0.4, 0.5) is 0 Å². The van der Waals surface area contributed by atoms with Gasteiger partial charge in [-0.1, -0.05) is 122 Å². The fraction of sp³-hybridized carbons (Fsp3) is 0.0444. The van der Waals surface area contributed by atoms with E-state index >= 15 is 0 Å². The van der Waals surface area contributed by atoms with E-state index in [2.05, 4.69) is 147 Å². The number of fused-ring (bicyclic) bond motifs is 11. The Balaban J connectivity index is 1.22. The average Bonchev–Trinajstić information content (AvgIpc) is 3.82. The van der Waals surface area contributed by atoms with Crippen LogP contribution in [0.1, 0.15) is 0 Å². The first-order chi connectivity index (χ1) is 25.0. The molecule has 3 aromatic heterocycles. The van der Waals surface area contributed by atoms with Crippen molar-refractivity contribution in [3.05, 3.63) is 140 Å². The molecule has 6 heteroatoms. The number of aromatic nitrogens is 3. The molecule has 1 aliphatic rings. The van der Waals surface area contributed by atoms with Gasteiger partial charge in [0, 0.05) is 53.2 Å². The summed E-state index contributed by atoms with van der Waals surface area (Å²) in [6, 6.07) is 49.7. The van der Waals surface area contributed by atoms with Crippen molar-refractivity contribution in [2.45, 2.75) is 13.1 Å². The number of hydrogen-bond donors (Lipinski definition) is 0. The fourth-order valence-corrected chi connectivity index (χ4v) is 12.4. The Hall–Kier alpha value is -5.95. The smallest absolute Gasteiger partial charge is 0.164 e. The zero-order chi connectivity index (χ0) is 33.8. The minimum atomic E-state index is -2.07. The molecule has 0 atom stereocenters. The Labute approximate surface area is 298 Å². The summed E-state index contributed by atoms with van der Waals surface area (Å²) in [6.45, 7) is 4.88. The summed E-state index contributed by atoms with van der Waals surface area (Å²) in [4.78, 5) is 15.9. The molecular formula is C45H29N3OSSi. The zero-order valence-electron chi connectivity index (χ0n) is 27.9. The van der Waals surface area contributed by atoms with Crippen LogP contribution in [0.2, 0.25) is 13.1 Å². The molecule has 51 heavy (non-hydrogen) atoms. The lowest BCUT2D eigenvalue weighted by Crippen LogP contribution is -2.49. The van der Waals surface area contributed by atoms with E-state index in [4.69, 9.17) is 19.4 Å². The maximum Gasteiger partial charge on any atom is 0.164 e. The predicted octanol–water partition coefficient (Wildman–Crippen LogP) is 11.1. The second-order valence-electron chi connectivity index (χ2n) is 14.0. The Morgan fingerprint density at radius 2 is 1.18 bits per heavy atom. The van der Waals surface area contributed by atoms with E-state index in [0.29, 0.717) is 17.5 Å². The van der Waals surface area contributed by atoms with Gasteiger partial charge in [-0.25, -0.2) is 15.0 Å². The molecule has 11 rings (SSSR count). The van der Waals surface area contributed by atoms with Crippen LogP contribution in [-0.4, -0.2) is 23.0 Å². The number of para-hydroxylation sites is 1. The van der Waals surface area contributed by atoms with Crippen molar-refractivity contribution in [2.24, 2.45) is 0 Å². The molecule has 0 aliphatic carbocycles. The first-order valence-electron chi connectivity index (χ1n) is 17.3. The number of benzene rings is 7. The maximum absolute atomic E-state index is 6.82. The second-order valence-corrected chi connectivity index (χ2v) is 19.4. The van der Waals surface area contributed by atoms with E-state index in [1.165, 1.54) is 47.1 Å². The molecule has 240 valence electrons. The standard InChI is InChI=1S/C45H29N3OSSi/c1-51(2)38-18-10-7-15-33(38)41-39(51)25-34(40-32-14-5-8-16-35(32)49-42(40)41)45-47-43(28-20-19-26-11-3-4-12-27(26)23-28)46-44(48-45)29-21-22-31-30-13-6-9-17-36(30)50-37(31)24-29/h3-25H,1-2H3. The molecule has 0 saturated heterocycles. The van der Waals surface area contributed by atoms with E-state index in [-0.39, 0.29) is 0 Å². The highest BCUT2D eigenvalue weighted by Crippen LogP contribution is 2.44. The van der Waals surface area contributed by atoms with Crippen LogP contribution in [0.5, 0.6) is 0 Å². The molecule has 0 radical (unpaired) electrons. The quantitative estimate of drug-likeness (QED) is 0.174. The van der Waals surface area contributed by atoms with Crippen molar-refractivity contribution in [3.63, 3.8) is 0 Å². The third-order valence-corrected chi connectivity index (χ3v) is 15.4. The van der Waals surface area contributed by atoms with Gasteiger partial charge >= 0.3 is 0 Å². The van der Waals surface area contributed by atoms with Crippen LogP contribution in [0.25, 0.3) is 98.2 Å². The summed E-state index contributed by atoms with van der Waals surface area (Å²) in [6.07, 6.45) is 0. The van der Waals surface area contributed by atoms with Crippen LogP contribution in [0.3, 0.4) is 0 Å². The number of hydrogen-bond acceptors (Lipinski definition) is 5. The van der Waals surface area contributed by atoms with Crippen LogP contribution >= 0.6 is 11.3 Å². The lowest BCUT2D eigenvalue weighted by molar-refractivity contribution is 0.670. The van der Waals surface area contributed by atoms with Crippen molar-refractivity contribution in [3.8, 4) is 45.3 Å². The normalized spacial score (nSPS) is 13.5. The van der Waals surface area contributed by atoms with E-state index in [1.807, 2.05) is 6.07 Å². The molecular weight excluding hydrogens is 659 g/mol. The van der Waals surface area contributed by atoms with E-state index in [0.717, 1.165) is 44.0 Å². The molecule has 4 heterocycles. The summed E-state index contributed by atoms with van der Waals surface area (Å²) < 4.78 is 9.31. The Morgan fingerprint density at radius 3 is 2.06 bits per heavy atom.